The van der Waals surface area contributed by atoms with Gasteiger partial charge in [-0.1, -0.05) is 12.8 Å². The zero-order chi connectivity index (χ0) is 13.7. The number of rotatable bonds is 5. The molecular formula is C14H29Cl2N3O2. The van der Waals surface area contributed by atoms with Crippen molar-refractivity contribution in [2.75, 3.05) is 45.9 Å². The van der Waals surface area contributed by atoms with E-state index in [0.29, 0.717) is 0 Å². The monoisotopic (exact) mass is 341 g/mol. The number of piperazine rings is 1. The van der Waals surface area contributed by atoms with Gasteiger partial charge in [0.25, 0.3) is 0 Å². The average molecular weight is 342 g/mol. The van der Waals surface area contributed by atoms with E-state index in [1.165, 1.54) is 0 Å². The van der Waals surface area contributed by atoms with Gasteiger partial charge >= 0.3 is 0 Å². The first kappa shape index (κ1) is 20.9. The minimum Gasteiger partial charge on any atom is -0.380 e. The molecule has 0 radical (unpaired) electrons. The van der Waals surface area contributed by atoms with Gasteiger partial charge in [-0.25, -0.2) is 0 Å². The molecule has 1 aliphatic heterocycles. The fourth-order valence-corrected chi connectivity index (χ4v) is 3.05. The zero-order valence-corrected chi connectivity index (χ0v) is 14.5. The Morgan fingerprint density at radius 2 is 1.71 bits per heavy atom. The first-order valence-corrected chi connectivity index (χ1v) is 7.54. The van der Waals surface area contributed by atoms with Crippen molar-refractivity contribution in [1.82, 2.24) is 9.80 Å². The minimum absolute atomic E-state index is 0. The Labute approximate surface area is 140 Å². The van der Waals surface area contributed by atoms with Gasteiger partial charge in [-0.15, -0.1) is 24.8 Å². The van der Waals surface area contributed by atoms with E-state index in [9.17, 15) is 4.79 Å². The van der Waals surface area contributed by atoms with Crippen molar-refractivity contribution in [1.29, 1.82) is 0 Å². The number of carbonyl (C=O) groups excluding carboxylic acids is 1. The van der Waals surface area contributed by atoms with Crippen LogP contribution in [0.25, 0.3) is 0 Å². The van der Waals surface area contributed by atoms with Gasteiger partial charge in [0.05, 0.1) is 12.1 Å². The van der Waals surface area contributed by atoms with E-state index in [0.717, 1.165) is 71.6 Å². The second kappa shape index (κ2) is 9.85. The van der Waals surface area contributed by atoms with Crippen LogP contribution in [0.2, 0.25) is 0 Å². The summed E-state index contributed by atoms with van der Waals surface area (Å²) in [6, 6.07) is 0. The topological polar surface area (TPSA) is 58.8 Å². The third-order valence-corrected chi connectivity index (χ3v) is 4.34. The molecule has 1 saturated heterocycles. The molecular weight excluding hydrogens is 313 g/mol. The van der Waals surface area contributed by atoms with Crippen molar-refractivity contribution in [2.24, 2.45) is 5.73 Å². The van der Waals surface area contributed by atoms with E-state index >= 15 is 0 Å². The molecule has 2 aliphatic rings. The van der Waals surface area contributed by atoms with Gasteiger partial charge in [0.2, 0.25) is 5.91 Å². The molecule has 5 nitrogen and oxygen atoms in total. The molecule has 0 aromatic heterocycles. The molecule has 1 amide bonds. The second-order valence-corrected chi connectivity index (χ2v) is 5.69. The van der Waals surface area contributed by atoms with Crippen molar-refractivity contribution in [2.45, 2.75) is 38.1 Å². The maximum Gasteiger partial charge on any atom is 0.242 e. The maximum absolute atomic E-state index is 12.4. The summed E-state index contributed by atoms with van der Waals surface area (Å²) < 4.78 is 5.37. The lowest BCUT2D eigenvalue weighted by Crippen LogP contribution is -2.58. The Kier molecular flexibility index (Phi) is 9.81. The molecule has 0 aromatic carbocycles. The van der Waals surface area contributed by atoms with Crippen molar-refractivity contribution in [3.05, 3.63) is 0 Å². The molecule has 1 heterocycles. The Morgan fingerprint density at radius 1 is 1.14 bits per heavy atom. The van der Waals surface area contributed by atoms with Gasteiger partial charge < -0.3 is 15.4 Å². The van der Waals surface area contributed by atoms with E-state index in [2.05, 4.69) is 4.90 Å². The molecule has 126 valence electrons. The molecule has 21 heavy (non-hydrogen) atoms. The molecule has 0 aromatic rings. The van der Waals surface area contributed by atoms with E-state index in [1.807, 2.05) is 11.8 Å². The maximum atomic E-state index is 12.4. The molecule has 2 N–H and O–H groups in total. The van der Waals surface area contributed by atoms with Gasteiger partial charge in [-0.05, 0) is 19.8 Å². The highest BCUT2D eigenvalue weighted by Gasteiger charge is 2.40. The predicted octanol–water partition coefficient (Wildman–Crippen LogP) is 1.28. The summed E-state index contributed by atoms with van der Waals surface area (Å²) in [5, 5.41) is 0. The Bertz CT molecular complexity index is 305. The molecule has 0 atom stereocenters. The number of carbonyl (C=O) groups is 1. The van der Waals surface area contributed by atoms with Crippen molar-refractivity contribution < 1.29 is 9.53 Å². The third kappa shape index (κ3) is 5.57. The van der Waals surface area contributed by atoms with Gasteiger partial charge in [-0.3, -0.25) is 9.69 Å². The van der Waals surface area contributed by atoms with Gasteiger partial charge in [0.1, 0.15) is 0 Å². The first-order valence-electron chi connectivity index (χ1n) is 7.54. The summed E-state index contributed by atoms with van der Waals surface area (Å²) in [6.07, 6.45) is 3.90. The number of hydrogen-bond acceptors (Lipinski definition) is 4. The number of nitrogens with two attached hydrogens (primary N) is 1. The molecule has 1 aliphatic carbocycles. The van der Waals surface area contributed by atoms with E-state index in [4.69, 9.17) is 10.5 Å². The molecule has 0 spiro atoms. The molecule has 7 heteroatoms. The predicted molar refractivity (Wildman–Crippen MR) is 89.4 cm³/mol. The summed E-state index contributed by atoms with van der Waals surface area (Å²) in [5.41, 5.74) is 5.68. The van der Waals surface area contributed by atoms with Gasteiger partial charge in [-0.2, -0.15) is 0 Å². The highest BCUT2D eigenvalue weighted by atomic mass is 35.5. The smallest absolute Gasteiger partial charge is 0.242 e. The highest BCUT2D eigenvalue weighted by molar-refractivity contribution is 5.86. The molecule has 0 bridgehead atoms. The lowest BCUT2D eigenvalue weighted by atomic mass is 9.97. The fraction of sp³-hybridized carbons (Fsp3) is 0.929. The summed E-state index contributed by atoms with van der Waals surface area (Å²) in [6.45, 7) is 8.03. The van der Waals surface area contributed by atoms with Crippen LogP contribution in [0.1, 0.15) is 32.6 Å². The number of amides is 1. The van der Waals surface area contributed by atoms with Crippen LogP contribution in [0.4, 0.5) is 0 Å². The number of ether oxygens (including phenoxy) is 1. The lowest BCUT2D eigenvalue weighted by Gasteiger charge is -2.38. The van der Waals surface area contributed by atoms with Crippen LogP contribution >= 0.6 is 24.8 Å². The largest absolute Gasteiger partial charge is 0.380 e. The van der Waals surface area contributed by atoms with Crippen LogP contribution in [-0.2, 0) is 9.53 Å². The van der Waals surface area contributed by atoms with E-state index in [-0.39, 0.29) is 30.7 Å². The quantitative estimate of drug-likeness (QED) is 0.765. The van der Waals surface area contributed by atoms with Crippen molar-refractivity contribution >= 4 is 30.7 Å². The van der Waals surface area contributed by atoms with Crippen LogP contribution < -0.4 is 5.73 Å². The van der Waals surface area contributed by atoms with Gasteiger partial charge in [0, 0.05) is 39.3 Å². The average Bonchev–Trinajstić information content (AvgIpc) is 2.87. The minimum atomic E-state index is -0.562. The van der Waals surface area contributed by atoms with Crippen molar-refractivity contribution in [3.63, 3.8) is 0 Å². The summed E-state index contributed by atoms with van der Waals surface area (Å²) >= 11 is 0. The molecule has 1 saturated carbocycles. The van der Waals surface area contributed by atoms with Crippen molar-refractivity contribution in [3.8, 4) is 0 Å². The first-order chi connectivity index (χ1) is 9.15. The van der Waals surface area contributed by atoms with Crippen LogP contribution in [0, 0.1) is 0 Å². The second-order valence-electron chi connectivity index (χ2n) is 5.69. The zero-order valence-electron chi connectivity index (χ0n) is 12.9. The van der Waals surface area contributed by atoms with Crippen LogP contribution in [0.5, 0.6) is 0 Å². The standard InChI is InChI=1S/C14H27N3O2.2ClH/c1-2-19-12-11-16-7-9-17(10-8-16)13(18)14(15)5-3-4-6-14;;/h2-12,15H2,1H3;2*1H. The highest BCUT2D eigenvalue weighted by Crippen LogP contribution is 2.29. The van der Waals surface area contributed by atoms with Crippen LogP contribution in [0.3, 0.4) is 0 Å². The van der Waals surface area contributed by atoms with Gasteiger partial charge in [0.15, 0.2) is 0 Å². The van der Waals surface area contributed by atoms with Crippen LogP contribution in [-0.4, -0.2) is 67.2 Å². The van der Waals surface area contributed by atoms with Crippen LogP contribution in [0.15, 0.2) is 0 Å². The Morgan fingerprint density at radius 3 is 2.24 bits per heavy atom. The summed E-state index contributed by atoms with van der Waals surface area (Å²) in [7, 11) is 0. The number of halogens is 2. The Balaban J connectivity index is 0.00000200. The molecule has 2 rings (SSSR count). The third-order valence-electron chi connectivity index (χ3n) is 4.34. The normalized spacial score (nSPS) is 21.5. The number of hydrogen-bond donors (Lipinski definition) is 1. The van der Waals surface area contributed by atoms with E-state index in [1.54, 1.807) is 0 Å². The molecule has 2 fully saturated rings. The summed E-state index contributed by atoms with van der Waals surface area (Å²) in [4.78, 5) is 16.8. The molecule has 0 unspecified atom stereocenters. The SMILES string of the molecule is CCOCCN1CCN(C(=O)C2(N)CCCC2)CC1.Cl.Cl. The summed E-state index contributed by atoms with van der Waals surface area (Å²) in [5.74, 6) is 0.175. The fourth-order valence-electron chi connectivity index (χ4n) is 3.05. The Hall–Kier alpha value is -0.0700. The lowest BCUT2D eigenvalue weighted by molar-refractivity contribution is -0.138. The number of nitrogens with zero attached hydrogens (tertiary/aromatic N) is 2. The van der Waals surface area contributed by atoms with E-state index < -0.39 is 5.54 Å².